The molecule has 3 nitrogen and oxygen atoms in total. The molecule has 0 fully saturated rings. The van der Waals surface area contributed by atoms with E-state index >= 15 is 0 Å². The van der Waals surface area contributed by atoms with Crippen molar-refractivity contribution in [2.24, 2.45) is 0 Å². The summed E-state index contributed by atoms with van der Waals surface area (Å²) in [4.78, 5) is 4.32. The standard InChI is InChI=1S/C18H15N3/c19-12-15-13-21-17-9-5-4-8-16(17)18(15)20-11-10-14-6-2-1-3-7-14/h1-9,13H,10-11H2,(H,20,21). The lowest BCUT2D eigenvalue weighted by Crippen LogP contribution is -2.07. The van der Waals surface area contributed by atoms with Crippen LogP contribution in [-0.2, 0) is 6.42 Å². The molecule has 3 rings (SSSR count). The quantitative estimate of drug-likeness (QED) is 0.787. The molecule has 0 amide bonds. The fourth-order valence-corrected chi connectivity index (χ4v) is 2.39. The molecule has 0 bridgehead atoms. The third-order valence-corrected chi connectivity index (χ3v) is 3.45. The van der Waals surface area contributed by atoms with Gasteiger partial charge in [0.25, 0.3) is 0 Å². The van der Waals surface area contributed by atoms with Crippen LogP contribution in [0.15, 0.2) is 60.8 Å². The highest BCUT2D eigenvalue weighted by molar-refractivity contribution is 5.93. The predicted molar refractivity (Wildman–Crippen MR) is 85.1 cm³/mol. The number of hydrogen-bond acceptors (Lipinski definition) is 3. The van der Waals surface area contributed by atoms with E-state index in [1.807, 2.05) is 42.5 Å². The van der Waals surface area contributed by atoms with Gasteiger partial charge in [-0.2, -0.15) is 5.26 Å². The molecule has 3 aromatic rings. The van der Waals surface area contributed by atoms with Gasteiger partial charge in [0.05, 0.1) is 16.8 Å². The molecule has 2 aromatic carbocycles. The normalized spacial score (nSPS) is 10.2. The molecule has 21 heavy (non-hydrogen) atoms. The van der Waals surface area contributed by atoms with Gasteiger partial charge in [-0.25, -0.2) is 0 Å². The second kappa shape index (κ2) is 6.06. The number of pyridine rings is 1. The second-order valence-electron chi connectivity index (χ2n) is 4.84. The summed E-state index contributed by atoms with van der Waals surface area (Å²) in [5.41, 5.74) is 3.64. The highest BCUT2D eigenvalue weighted by Gasteiger charge is 2.07. The van der Waals surface area contributed by atoms with Crippen LogP contribution in [0.25, 0.3) is 10.9 Å². The Labute approximate surface area is 123 Å². The van der Waals surface area contributed by atoms with Gasteiger partial charge in [0.1, 0.15) is 6.07 Å². The van der Waals surface area contributed by atoms with Crippen LogP contribution in [0.3, 0.4) is 0 Å². The van der Waals surface area contributed by atoms with Crippen LogP contribution in [0.4, 0.5) is 5.69 Å². The topological polar surface area (TPSA) is 48.7 Å². The minimum Gasteiger partial charge on any atom is -0.383 e. The number of anilines is 1. The molecular weight excluding hydrogens is 258 g/mol. The summed E-state index contributed by atoms with van der Waals surface area (Å²) in [5.74, 6) is 0. The predicted octanol–water partition coefficient (Wildman–Crippen LogP) is 3.76. The molecule has 1 heterocycles. The number of para-hydroxylation sites is 1. The molecule has 0 saturated heterocycles. The maximum absolute atomic E-state index is 9.26. The summed E-state index contributed by atoms with van der Waals surface area (Å²) < 4.78 is 0. The van der Waals surface area contributed by atoms with Crippen molar-refractivity contribution in [1.82, 2.24) is 4.98 Å². The van der Waals surface area contributed by atoms with Gasteiger partial charge in [-0.3, -0.25) is 4.98 Å². The highest BCUT2D eigenvalue weighted by atomic mass is 14.9. The number of nitriles is 1. The largest absolute Gasteiger partial charge is 0.383 e. The average Bonchev–Trinajstić information content (AvgIpc) is 2.56. The van der Waals surface area contributed by atoms with E-state index in [-0.39, 0.29) is 0 Å². The first-order valence-electron chi connectivity index (χ1n) is 6.94. The van der Waals surface area contributed by atoms with Gasteiger partial charge in [0.2, 0.25) is 0 Å². The smallest absolute Gasteiger partial charge is 0.103 e. The summed E-state index contributed by atoms with van der Waals surface area (Å²) in [6, 6.07) is 20.4. The van der Waals surface area contributed by atoms with Gasteiger partial charge in [-0.1, -0.05) is 48.5 Å². The van der Waals surface area contributed by atoms with E-state index in [1.54, 1.807) is 6.20 Å². The summed E-state index contributed by atoms with van der Waals surface area (Å²) in [6.45, 7) is 0.784. The second-order valence-corrected chi connectivity index (χ2v) is 4.84. The van der Waals surface area contributed by atoms with Gasteiger partial charge in [0, 0.05) is 18.1 Å². The zero-order chi connectivity index (χ0) is 14.5. The zero-order valence-corrected chi connectivity index (χ0v) is 11.6. The number of fused-ring (bicyclic) bond motifs is 1. The lowest BCUT2D eigenvalue weighted by molar-refractivity contribution is 1.02. The maximum Gasteiger partial charge on any atom is 0.103 e. The first kappa shape index (κ1) is 13.1. The van der Waals surface area contributed by atoms with Gasteiger partial charge in [0.15, 0.2) is 0 Å². The lowest BCUT2D eigenvalue weighted by Gasteiger charge is -2.11. The molecule has 0 aliphatic rings. The van der Waals surface area contributed by atoms with Crippen LogP contribution in [-0.4, -0.2) is 11.5 Å². The molecule has 0 unspecified atom stereocenters. The molecule has 3 heteroatoms. The number of hydrogen-bond donors (Lipinski definition) is 1. The molecule has 102 valence electrons. The fraction of sp³-hybridized carbons (Fsp3) is 0.111. The molecule has 0 radical (unpaired) electrons. The molecule has 0 aliphatic carbocycles. The summed E-state index contributed by atoms with van der Waals surface area (Å²) in [5, 5.41) is 13.6. The molecule has 0 atom stereocenters. The Bertz CT molecular complexity index is 788. The SMILES string of the molecule is N#Cc1cnc2ccccc2c1NCCc1ccccc1. The van der Waals surface area contributed by atoms with Gasteiger partial charge in [-0.15, -0.1) is 0 Å². The van der Waals surface area contributed by atoms with Gasteiger partial charge >= 0.3 is 0 Å². The van der Waals surface area contributed by atoms with Crippen LogP contribution >= 0.6 is 0 Å². The summed E-state index contributed by atoms with van der Waals surface area (Å²) in [6.07, 6.45) is 2.55. The van der Waals surface area contributed by atoms with Crippen molar-refractivity contribution < 1.29 is 0 Å². The van der Waals surface area contributed by atoms with E-state index in [0.717, 1.165) is 29.6 Å². The van der Waals surface area contributed by atoms with E-state index in [2.05, 4.69) is 28.5 Å². The van der Waals surface area contributed by atoms with E-state index < -0.39 is 0 Å². The Morgan fingerprint density at radius 3 is 2.57 bits per heavy atom. The Morgan fingerprint density at radius 2 is 1.76 bits per heavy atom. The lowest BCUT2D eigenvalue weighted by atomic mass is 10.1. The Balaban J connectivity index is 1.84. The van der Waals surface area contributed by atoms with Crippen LogP contribution in [0.1, 0.15) is 11.1 Å². The number of aromatic nitrogens is 1. The van der Waals surface area contributed by atoms with E-state index in [9.17, 15) is 5.26 Å². The van der Waals surface area contributed by atoms with Crippen molar-refractivity contribution in [3.05, 3.63) is 71.9 Å². The molecule has 1 N–H and O–H groups in total. The van der Waals surface area contributed by atoms with Crippen LogP contribution in [0.5, 0.6) is 0 Å². The van der Waals surface area contributed by atoms with Crippen molar-refractivity contribution in [3.63, 3.8) is 0 Å². The Morgan fingerprint density at radius 1 is 1.00 bits per heavy atom. The van der Waals surface area contributed by atoms with Gasteiger partial charge in [-0.05, 0) is 18.1 Å². The molecule has 0 spiro atoms. The van der Waals surface area contributed by atoms with Crippen LogP contribution in [0.2, 0.25) is 0 Å². The van der Waals surface area contributed by atoms with Crippen molar-refractivity contribution in [3.8, 4) is 6.07 Å². The Kier molecular flexibility index (Phi) is 3.79. The monoisotopic (exact) mass is 273 g/mol. The number of rotatable bonds is 4. The zero-order valence-electron chi connectivity index (χ0n) is 11.6. The van der Waals surface area contributed by atoms with Crippen LogP contribution in [0, 0.1) is 11.3 Å². The average molecular weight is 273 g/mol. The first-order valence-corrected chi connectivity index (χ1v) is 6.94. The molecule has 1 aromatic heterocycles. The first-order chi connectivity index (χ1) is 10.4. The number of nitrogens with zero attached hydrogens (tertiary/aromatic N) is 2. The van der Waals surface area contributed by atoms with Crippen molar-refractivity contribution in [1.29, 1.82) is 5.26 Å². The number of nitrogens with one attached hydrogen (secondary N) is 1. The van der Waals surface area contributed by atoms with E-state index in [0.29, 0.717) is 5.56 Å². The van der Waals surface area contributed by atoms with E-state index in [1.165, 1.54) is 5.56 Å². The number of benzene rings is 2. The van der Waals surface area contributed by atoms with Crippen molar-refractivity contribution in [2.45, 2.75) is 6.42 Å². The third-order valence-electron chi connectivity index (χ3n) is 3.45. The van der Waals surface area contributed by atoms with Crippen LogP contribution < -0.4 is 5.32 Å². The maximum atomic E-state index is 9.26. The Hall–Kier alpha value is -2.86. The van der Waals surface area contributed by atoms with Crippen molar-refractivity contribution >= 4 is 16.6 Å². The minimum absolute atomic E-state index is 0.585. The van der Waals surface area contributed by atoms with Gasteiger partial charge < -0.3 is 5.32 Å². The summed E-state index contributed by atoms with van der Waals surface area (Å²) in [7, 11) is 0. The van der Waals surface area contributed by atoms with E-state index in [4.69, 9.17) is 0 Å². The minimum atomic E-state index is 0.585. The third kappa shape index (κ3) is 2.85. The fourth-order valence-electron chi connectivity index (χ4n) is 2.39. The van der Waals surface area contributed by atoms with Crippen molar-refractivity contribution in [2.75, 3.05) is 11.9 Å². The molecule has 0 aliphatic heterocycles. The highest BCUT2D eigenvalue weighted by Crippen LogP contribution is 2.25. The summed E-state index contributed by atoms with van der Waals surface area (Å²) >= 11 is 0. The molecule has 0 saturated carbocycles. The molecular formula is C18H15N3.